The van der Waals surface area contributed by atoms with Crippen molar-refractivity contribution in [2.45, 2.75) is 27.3 Å². The van der Waals surface area contributed by atoms with Crippen molar-refractivity contribution in [2.24, 2.45) is 0 Å². The van der Waals surface area contributed by atoms with Crippen LogP contribution in [0.15, 0.2) is 40.9 Å². The van der Waals surface area contributed by atoms with Gasteiger partial charge in [-0.25, -0.2) is 0 Å². The highest BCUT2D eigenvalue weighted by Crippen LogP contribution is 2.33. The van der Waals surface area contributed by atoms with Gasteiger partial charge in [0.15, 0.2) is 6.61 Å². The van der Waals surface area contributed by atoms with Crippen molar-refractivity contribution in [1.82, 2.24) is 10.1 Å². The van der Waals surface area contributed by atoms with Crippen molar-refractivity contribution >= 4 is 11.6 Å². The number of ether oxygens (including phenoxy) is 1. The van der Waals surface area contributed by atoms with Crippen LogP contribution in [-0.2, 0) is 11.3 Å². The predicted molar refractivity (Wildman–Crippen MR) is 97.1 cm³/mol. The lowest BCUT2D eigenvalue weighted by atomic mass is 10.1. The van der Waals surface area contributed by atoms with E-state index in [1.807, 2.05) is 50.2 Å². The summed E-state index contributed by atoms with van der Waals surface area (Å²) in [5, 5.41) is 4.06. The Bertz CT molecular complexity index is 994. The van der Waals surface area contributed by atoms with Crippen LogP contribution in [0, 0.1) is 20.8 Å². The molecular formula is C20H19N3O3. The van der Waals surface area contributed by atoms with E-state index < -0.39 is 0 Å². The van der Waals surface area contributed by atoms with Crippen molar-refractivity contribution < 1.29 is 14.1 Å². The Morgan fingerprint density at radius 1 is 1.08 bits per heavy atom. The minimum Gasteiger partial charge on any atom is -0.482 e. The van der Waals surface area contributed by atoms with Gasteiger partial charge in [0.05, 0.1) is 5.69 Å². The van der Waals surface area contributed by atoms with Gasteiger partial charge in [-0.2, -0.15) is 4.98 Å². The van der Waals surface area contributed by atoms with Crippen LogP contribution in [0.25, 0.3) is 11.4 Å². The standard InChI is InChI=1S/C20H19N3O3/c1-12-4-7-16-17(8-12)25-11-19(24)23(16)10-18-21-20(22-26-18)15-6-5-13(2)14(3)9-15/h4-9H,10-11H2,1-3H3. The van der Waals surface area contributed by atoms with Gasteiger partial charge < -0.3 is 9.26 Å². The van der Waals surface area contributed by atoms with Gasteiger partial charge in [0, 0.05) is 5.56 Å². The van der Waals surface area contributed by atoms with Gasteiger partial charge in [0.2, 0.25) is 11.7 Å². The molecule has 0 radical (unpaired) electrons. The zero-order valence-electron chi connectivity index (χ0n) is 14.9. The minimum atomic E-state index is -0.132. The molecule has 0 N–H and O–H groups in total. The highest BCUT2D eigenvalue weighted by Gasteiger charge is 2.27. The number of aryl methyl sites for hydroxylation is 3. The van der Waals surface area contributed by atoms with E-state index in [-0.39, 0.29) is 19.1 Å². The molecule has 0 fully saturated rings. The quantitative estimate of drug-likeness (QED) is 0.723. The maximum absolute atomic E-state index is 12.3. The Morgan fingerprint density at radius 3 is 2.73 bits per heavy atom. The van der Waals surface area contributed by atoms with Gasteiger partial charge >= 0.3 is 0 Å². The molecule has 1 aromatic heterocycles. The summed E-state index contributed by atoms with van der Waals surface area (Å²) in [6, 6.07) is 11.8. The lowest BCUT2D eigenvalue weighted by Gasteiger charge is -2.28. The fourth-order valence-corrected chi connectivity index (χ4v) is 2.94. The summed E-state index contributed by atoms with van der Waals surface area (Å²) in [5.41, 5.74) is 5.07. The average molecular weight is 349 g/mol. The molecule has 2 aromatic carbocycles. The number of amides is 1. The van der Waals surface area contributed by atoms with Crippen molar-refractivity contribution in [3.8, 4) is 17.1 Å². The summed E-state index contributed by atoms with van der Waals surface area (Å²) in [6.45, 7) is 6.32. The second-order valence-electron chi connectivity index (χ2n) is 6.55. The summed E-state index contributed by atoms with van der Waals surface area (Å²) < 4.78 is 10.9. The van der Waals surface area contributed by atoms with E-state index in [1.54, 1.807) is 4.90 Å². The van der Waals surface area contributed by atoms with Crippen LogP contribution in [0.1, 0.15) is 22.6 Å². The van der Waals surface area contributed by atoms with E-state index >= 15 is 0 Å². The minimum absolute atomic E-state index is 0.00854. The smallest absolute Gasteiger partial charge is 0.265 e. The molecule has 0 aliphatic carbocycles. The molecule has 26 heavy (non-hydrogen) atoms. The number of aromatic nitrogens is 2. The first-order valence-corrected chi connectivity index (χ1v) is 8.45. The summed E-state index contributed by atoms with van der Waals surface area (Å²) >= 11 is 0. The fourth-order valence-electron chi connectivity index (χ4n) is 2.94. The SMILES string of the molecule is Cc1ccc2c(c1)OCC(=O)N2Cc1nc(-c2ccc(C)c(C)c2)no1. The van der Waals surface area contributed by atoms with Gasteiger partial charge in [-0.3, -0.25) is 9.69 Å². The maximum Gasteiger partial charge on any atom is 0.265 e. The van der Waals surface area contributed by atoms with E-state index in [1.165, 1.54) is 11.1 Å². The Morgan fingerprint density at radius 2 is 1.92 bits per heavy atom. The molecule has 0 unspecified atom stereocenters. The lowest BCUT2D eigenvalue weighted by Crippen LogP contribution is -2.38. The first kappa shape index (κ1) is 16.3. The van der Waals surface area contributed by atoms with Crippen molar-refractivity contribution in [3.05, 3.63) is 59.0 Å². The molecule has 6 nitrogen and oxygen atoms in total. The zero-order chi connectivity index (χ0) is 18.3. The second-order valence-corrected chi connectivity index (χ2v) is 6.55. The third-order valence-corrected chi connectivity index (χ3v) is 4.58. The third-order valence-electron chi connectivity index (χ3n) is 4.58. The number of carbonyl (C=O) groups excluding carboxylic acids is 1. The number of benzene rings is 2. The molecule has 1 aliphatic heterocycles. The molecule has 0 bridgehead atoms. The predicted octanol–water partition coefficient (Wildman–Crippen LogP) is 3.59. The Kier molecular flexibility index (Phi) is 3.95. The molecule has 1 amide bonds. The number of nitrogens with zero attached hydrogens (tertiary/aromatic N) is 3. The lowest BCUT2D eigenvalue weighted by molar-refractivity contribution is -0.121. The van der Waals surface area contributed by atoms with Gasteiger partial charge in [-0.15, -0.1) is 0 Å². The number of carbonyl (C=O) groups is 1. The van der Waals surface area contributed by atoms with Gasteiger partial charge in [-0.1, -0.05) is 23.4 Å². The molecule has 0 saturated carbocycles. The van der Waals surface area contributed by atoms with E-state index in [2.05, 4.69) is 17.1 Å². The number of rotatable bonds is 3. The Balaban J connectivity index is 1.61. The monoisotopic (exact) mass is 349 g/mol. The number of hydrogen-bond acceptors (Lipinski definition) is 5. The highest BCUT2D eigenvalue weighted by atomic mass is 16.5. The van der Waals surface area contributed by atoms with Crippen LogP contribution in [-0.4, -0.2) is 22.7 Å². The Labute approximate surface area is 151 Å². The van der Waals surface area contributed by atoms with Crippen LogP contribution in [0.3, 0.4) is 0 Å². The van der Waals surface area contributed by atoms with Crippen LogP contribution in [0.5, 0.6) is 5.75 Å². The molecule has 1 aliphatic rings. The fraction of sp³-hybridized carbons (Fsp3) is 0.250. The first-order chi connectivity index (χ1) is 12.5. The normalized spacial score (nSPS) is 13.5. The second kappa shape index (κ2) is 6.29. The van der Waals surface area contributed by atoms with Crippen LogP contribution < -0.4 is 9.64 Å². The number of hydrogen-bond donors (Lipinski definition) is 0. The molecule has 0 atom stereocenters. The molecule has 0 spiro atoms. The molecule has 0 saturated heterocycles. The topological polar surface area (TPSA) is 68.5 Å². The van der Waals surface area contributed by atoms with Crippen molar-refractivity contribution in [1.29, 1.82) is 0 Å². The van der Waals surface area contributed by atoms with Crippen LogP contribution >= 0.6 is 0 Å². The number of fused-ring (bicyclic) bond motifs is 1. The van der Waals surface area contributed by atoms with E-state index in [0.717, 1.165) is 16.8 Å². The van der Waals surface area contributed by atoms with E-state index in [4.69, 9.17) is 9.26 Å². The molecular weight excluding hydrogens is 330 g/mol. The van der Waals surface area contributed by atoms with Gasteiger partial charge in [0.25, 0.3) is 5.91 Å². The zero-order valence-corrected chi connectivity index (χ0v) is 14.9. The van der Waals surface area contributed by atoms with Crippen LogP contribution in [0.2, 0.25) is 0 Å². The van der Waals surface area contributed by atoms with Crippen molar-refractivity contribution in [2.75, 3.05) is 11.5 Å². The highest BCUT2D eigenvalue weighted by molar-refractivity contribution is 5.97. The van der Waals surface area contributed by atoms with Crippen LogP contribution in [0.4, 0.5) is 5.69 Å². The summed E-state index contributed by atoms with van der Waals surface area (Å²) in [7, 11) is 0. The summed E-state index contributed by atoms with van der Waals surface area (Å²) in [4.78, 5) is 18.4. The maximum atomic E-state index is 12.3. The Hall–Kier alpha value is -3.15. The third kappa shape index (κ3) is 2.94. The molecule has 4 rings (SSSR count). The first-order valence-electron chi connectivity index (χ1n) is 8.45. The van der Waals surface area contributed by atoms with Crippen molar-refractivity contribution in [3.63, 3.8) is 0 Å². The van der Waals surface area contributed by atoms with E-state index in [9.17, 15) is 4.79 Å². The largest absolute Gasteiger partial charge is 0.482 e. The molecule has 6 heteroatoms. The van der Waals surface area contributed by atoms with Gasteiger partial charge in [0.1, 0.15) is 12.3 Å². The molecule has 2 heterocycles. The summed E-state index contributed by atoms with van der Waals surface area (Å²) in [5.74, 6) is 1.47. The molecule has 132 valence electrons. The number of anilines is 1. The summed E-state index contributed by atoms with van der Waals surface area (Å²) in [6.07, 6.45) is 0. The van der Waals surface area contributed by atoms with Gasteiger partial charge in [-0.05, 0) is 55.7 Å². The average Bonchev–Trinajstić information content (AvgIpc) is 3.08. The van der Waals surface area contributed by atoms with E-state index in [0.29, 0.717) is 17.5 Å². The molecule has 3 aromatic rings.